The van der Waals surface area contributed by atoms with Crippen molar-refractivity contribution >= 4 is 0 Å². The van der Waals surface area contributed by atoms with Gasteiger partial charge in [0, 0.05) is 29.9 Å². The molecule has 1 aromatic rings. The summed E-state index contributed by atoms with van der Waals surface area (Å²) in [7, 11) is 0. The van der Waals surface area contributed by atoms with Crippen LogP contribution in [0.4, 0.5) is 0 Å². The molecule has 1 aliphatic carbocycles. The zero-order valence-corrected chi connectivity index (χ0v) is 11.4. The maximum atomic E-state index is 6.39. The van der Waals surface area contributed by atoms with E-state index in [9.17, 15) is 0 Å². The minimum atomic E-state index is 0.187. The first kappa shape index (κ1) is 12.1. The summed E-state index contributed by atoms with van der Waals surface area (Å²) in [6.45, 7) is 5.58. The van der Waals surface area contributed by atoms with Gasteiger partial charge < -0.3 is 5.73 Å². The Kier molecular flexibility index (Phi) is 2.91. The van der Waals surface area contributed by atoms with Crippen molar-refractivity contribution < 1.29 is 0 Å². The van der Waals surface area contributed by atoms with E-state index >= 15 is 0 Å². The fourth-order valence-electron chi connectivity index (χ4n) is 3.82. The molecule has 0 amide bonds. The summed E-state index contributed by atoms with van der Waals surface area (Å²) in [5.41, 5.74) is 9.44. The van der Waals surface area contributed by atoms with Crippen molar-refractivity contribution in [3.05, 3.63) is 29.6 Å². The summed E-state index contributed by atoms with van der Waals surface area (Å²) < 4.78 is 0. The highest BCUT2D eigenvalue weighted by Gasteiger charge is 2.45. The van der Waals surface area contributed by atoms with Crippen LogP contribution in [0.15, 0.2) is 18.3 Å². The number of hydrogen-bond acceptors (Lipinski definition) is 3. The van der Waals surface area contributed by atoms with Crippen LogP contribution in [0, 0.1) is 0 Å². The Labute approximate surface area is 109 Å². The lowest BCUT2D eigenvalue weighted by Gasteiger charge is -2.45. The number of rotatable bonds is 1. The minimum Gasteiger partial charge on any atom is -0.316 e. The van der Waals surface area contributed by atoms with Crippen LogP contribution in [0.3, 0.4) is 0 Å². The van der Waals surface area contributed by atoms with E-state index in [1.165, 1.54) is 30.5 Å². The van der Waals surface area contributed by atoms with E-state index in [4.69, 9.17) is 5.73 Å². The second-order valence-electron chi connectivity index (χ2n) is 6.14. The number of likely N-dealkylation sites (tertiary alicyclic amines) is 1. The van der Waals surface area contributed by atoms with Gasteiger partial charge in [-0.2, -0.15) is 0 Å². The molecule has 0 aromatic carbocycles. The lowest BCUT2D eigenvalue weighted by Crippen LogP contribution is -2.55. The molecule has 2 heterocycles. The average Bonchev–Trinajstić information content (AvgIpc) is 2.69. The highest BCUT2D eigenvalue weighted by atomic mass is 15.2. The summed E-state index contributed by atoms with van der Waals surface area (Å²) in [5, 5.41) is 0. The Hall–Kier alpha value is -0.930. The Morgan fingerprint density at radius 3 is 3.00 bits per heavy atom. The van der Waals surface area contributed by atoms with Gasteiger partial charge in [-0.3, -0.25) is 9.88 Å². The van der Waals surface area contributed by atoms with Crippen molar-refractivity contribution in [3.63, 3.8) is 0 Å². The van der Waals surface area contributed by atoms with Gasteiger partial charge in [0.1, 0.15) is 0 Å². The fraction of sp³-hybridized carbons (Fsp3) is 0.667. The van der Waals surface area contributed by atoms with E-state index in [1.54, 1.807) is 0 Å². The van der Waals surface area contributed by atoms with Crippen LogP contribution in [0.1, 0.15) is 44.4 Å². The molecule has 2 atom stereocenters. The molecule has 1 aliphatic heterocycles. The van der Waals surface area contributed by atoms with E-state index < -0.39 is 0 Å². The predicted molar refractivity (Wildman–Crippen MR) is 73.3 cm³/mol. The van der Waals surface area contributed by atoms with Gasteiger partial charge in [0.2, 0.25) is 0 Å². The Morgan fingerprint density at radius 2 is 2.28 bits per heavy atom. The largest absolute Gasteiger partial charge is 0.316 e. The maximum Gasteiger partial charge on any atom is 0.0583 e. The molecule has 1 spiro atoms. The summed E-state index contributed by atoms with van der Waals surface area (Å²) in [5.74, 6) is 0. The number of fused-ring (bicyclic) bond motifs is 2. The zero-order valence-electron chi connectivity index (χ0n) is 11.4. The molecule has 1 saturated heterocycles. The number of aromatic nitrogens is 1. The zero-order chi connectivity index (χ0) is 12.8. The number of hydrogen-bond donors (Lipinski definition) is 1. The third-order valence-corrected chi connectivity index (χ3v) is 4.80. The van der Waals surface area contributed by atoms with E-state index in [2.05, 4.69) is 35.9 Å². The molecule has 1 aromatic heterocycles. The van der Waals surface area contributed by atoms with Gasteiger partial charge in [0.15, 0.2) is 0 Å². The molecular formula is C15H23N3. The van der Waals surface area contributed by atoms with Crippen LogP contribution < -0.4 is 5.73 Å². The van der Waals surface area contributed by atoms with Crippen molar-refractivity contribution in [1.29, 1.82) is 0 Å². The van der Waals surface area contributed by atoms with Crippen molar-refractivity contribution in [3.8, 4) is 0 Å². The normalized spacial score (nSPS) is 32.1. The van der Waals surface area contributed by atoms with Crippen LogP contribution in [0.25, 0.3) is 0 Å². The number of pyridine rings is 1. The van der Waals surface area contributed by atoms with Gasteiger partial charge >= 0.3 is 0 Å². The number of piperidine rings is 1. The molecular weight excluding hydrogens is 222 g/mol. The van der Waals surface area contributed by atoms with Gasteiger partial charge in [0.05, 0.1) is 6.17 Å². The summed E-state index contributed by atoms with van der Waals surface area (Å²) >= 11 is 0. The van der Waals surface area contributed by atoms with Crippen molar-refractivity contribution in [1.82, 2.24) is 9.88 Å². The first-order chi connectivity index (χ1) is 8.62. The number of nitrogens with two attached hydrogens (primary N) is 1. The van der Waals surface area contributed by atoms with Crippen molar-refractivity contribution in [2.24, 2.45) is 5.73 Å². The number of nitrogens with zero attached hydrogens (tertiary/aromatic N) is 2. The van der Waals surface area contributed by atoms with Gasteiger partial charge in [0.25, 0.3) is 0 Å². The third kappa shape index (κ3) is 1.77. The maximum absolute atomic E-state index is 6.39. The number of aryl methyl sites for hydroxylation is 1. The molecule has 1 fully saturated rings. The van der Waals surface area contributed by atoms with Crippen molar-refractivity contribution in [2.75, 3.05) is 6.54 Å². The molecule has 3 rings (SSSR count). The highest BCUT2D eigenvalue weighted by molar-refractivity contribution is 5.34. The molecule has 1 unspecified atom stereocenters. The van der Waals surface area contributed by atoms with E-state index in [0.29, 0.717) is 6.04 Å². The first-order valence-electron chi connectivity index (χ1n) is 7.08. The van der Waals surface area contributed by atoms with E-state index in [-0.39, 0.29) is 11.6 Å². The molecule has 2 aliphatic rings. The van der Waals surface area contributed by atoms with Gasteiger partial charge in [-0.1, -0.05) is 6.07 Å². The van der Waals surface area contributed by atoms with Crippen LogP contribution in [-0.2, 0) is 11.8 Å². The molecule has 0 radical (unpaired) electrons. The lowest BCUT2D eigenvalue weighted by molar-refractivity contribution is 0.0671. The van der Waals surface area contributed by atoms with Gasteiger partial charge in [-0.15, -0.1) is 0 Å². The lowest BCUT2D eigenvalue weighted by atomic mass is 9.74. The average molecular weight is 245 g/mol. The standard InChI is InChI=1S/C15H23N3/c1-11(2)18-9-7-15(10-13(18)16)6-5-12-4-3-8-17-14(12)15/h3-4,8,11,13H,5-7,9-10,16H2,1-2H3/t13-,15?/m0/s1. The molecule has 0 saturated carbocycles. The molecule has 2 N–H and O–H groups in total. The summed E-state index contributed by atoms with van der Waals surface area (Å²) in [6.07, 6.45) is 6.81. The summed E-state index contributed by atoms with van der Waals surface area (Å²) in [6, 6.07) is 4.83. The quantitative estimate of drug-likeness (QED) is 0.823. The monoisotopic (exact) mass is 245 g/mol. The van der Waals surface area contributed by atoms with E-state index in [1.807, 2.05) is 6.20 Å². The predicted octanol–water partition coefficient (Wildman–Crippen LogP) is 2.05. The van der Waals surface area contributed by atoms with Gasteiger partial charge in [-0.25, -0.2) is 0 Å². The van der Waals surface area contributed by atoms with E-state index in [0.717, 1.165) is 13.0 Å². The Morgan fingerprint density at radius 1 is 1.44 bits per heavy atom. The van der Waals surface area contributed by atoms with Crippen LogP contribution in [0.5, 0.6) is 0 Å². The van der Waals surface area contributed by atoms with Crippen LogP contribution >= 0.6 is 0 Å². The SMILES string of the molecule is CC(C)N1CCC2(CCc3cccnc32)C[C@H]1N. The second kappa shape index (κ2) is 4.32. The Bertz CT molecular complexity index is 443. The molecule has 98 valence electrons. The Balaban J connectivity index is 1.87. The highest BCUT2D eigenvalue weighted by Crippen LogP contribution is 2.46. The topological polar surface area (TPSA) is 42.2 Å². The molecule has 0 bridgehead atoms. The first-order valence-corrected chi connectivity index (χ1v) is 7.08. The summed E-state index contributed by atoms with van der Waals surface area (Å²) in [4.78, 5) is 7.09. The fourth-order valence-corrected chi connectivity index (χ4v) is 3.82. The molecule has 3 nitrogen and oxygen atoms in total. The third-order valence-electron chi connectivity index (χ3n) is 4.80. The van der Waals surface area contributed by atoms with Gasteiger partial charge in [-0.05, 0) is 51.2 Å². The van der Waals surface area contributed by atoms with Crippen molar-refractivity contribution in [2.45, 2.75) is 57.2 Å². The van der Waals surface area contributed by atoms with Crippen LogP contribution in [0.2, 0.25) is 0 Å². The molecule has 3 heteroatoms. The smallest absolute Gasteiger partial charge is 0.0583 e. The minimum absolute atomic E-state index is 0.187. The molecule has 18 heavy (non-hydrogen) atoms. The second-order valence-corrected chi connectivity index (χ2v) is 6.14. The van der Waals surface area contributed by atoms with Crippen LogP contribution in [-0.4, -0.2) is 28.6 Å².